The summed E-state index contributed by atoms with van der Waals surface area (Å²) in [6.07, 6.45) is 1.10. The molecular weight excluding hydrogens is 322 g/mol. The molecular formula is C16H18F2N2O2S. The largest absolute Gasteiger partial charge is 0.379 e. The van der Waals surface area contributed by atoms with E-state index in [0.717, 1.165) is 29.6 Å². The molecule has 0 aliphatic carbocycles. The lowest BCUT2D eigenvalue weighted by Gasteiger charge is -2.16. The van der Waals surface area contributed by atoms with Crippen LogP contribution in [0.15, 0.2) is 42.5 Å². The highest BCUT2D eigenvalue weighted by atomic mass is 32.2. The van der Waals surface area contributed by atoms with Crippen molar-refractivity contribution in [3.63, 3.8) is 0 Å². The van der Waals surface area contributed by atoms with Crippen molar-refractivity contribution in [1.82, 2.24) is 4.72 Å². The fourth-order valence-corrected chi connectivity index (χ4v) is 2.48. The summed E-state index contributed by atoms with van der Waals surface area (Å²) in [5, 5.41) is 3.18. The normalized spacial score (nSPS) is 12.9. The van der Waals surface area contributed by atoms with Crippen molar-refractivity contribution >= 4 is 15.7 Å². The fraction of sp³-hybridized carbons (Fsp3) is 0.250. The highest BCUT2D eigenvalue weighted by Gasteiger charge is 2.09. The van der Waals surface area contributed by atoms with Gasteiger partial charge in [-0.05, 0) is 42.3 Å². The zero-order chi connectivity index (χ0) is 17.0. The van der Waals surface area contributed by atoms with Gasteiger partial charge in [-0.3, -0.25) is 0 Å². The molecule has 2 N–H and O–H groups in total. The van der Waals surface area contributed by atoms with E-state index in [-0.39, 0.29) is 12.6 Å². The third kappa shape index (κ3) is 5.30. The molecule has 0 aromatic heterocycles. The summed E-state index contributed by atoms with van der Waals surface area (Å²) in [6, 6.07) is 10.8. The highest BCUT2D eigenvalue weighted by Crippen LogP contribution is 2.21. The molecule has 1 atom stereocenters. The first-order valence-electron chi connectivity index (χ1n) is 6.99. The molecule has 4 nitrogen and oxygen atoms in total. The number of hydrogen-bond donors (Lipinski definition) is 2. The van der Waals surface area contributed by atoms with Crippen molar-refractivity contribution < 1.29 is 17.2 Å². The van der Waals surface area contributed by atoms with Gasteiger partial charge < -0.3 is 5.32 Å². The molecule has 0 saturated heterocycles. The third-order valence-corrected chi connectivity index (χ3v) is 3.99. The van der Waals surface area contributed by atoms with Gasteiger partial charge in [-0.2, -0.15) is 0 Å². The first kappa shape index (κ1) is 17.4. The van der Waals surface area contributed by atoms with Crippen LogP contribution in [0.3, 0.4) is 0 Å². The molecule has 0 aliphatic rings. The van der Waals surface area contributed by atoms with Gasteiger partial charge in [-0.1, -0.05) is 18.2 Å². The molecule has 0 radical (unpaired) electrons. The summed E-state index contributed by atoms with van der Waals surface area (Å²) in [5.74, 6) is -1.75. The van der Waals surface area contributed by atoms with Gasteiger partial charge in [0.15, 0.2) is 11.6 Å². The van der Waals surface area contributed by atoms with E-state index in [4.69, 9.17) is 0 Å². The quantitative estimate of drug-likeness (QED) is 0.849. The van der Waals surface area contributed by atoms with Crippen LogP contribution in [-0.4, -0.2) is 14.7 Å². The van der Waals surface area contributed by atoms with Gasteiger partial charge in [0.05, 0.1) is 6.26 Å². The topological polar surface area (TPSA) is 58.2 Å². The Morgan fingerprint density at radius 2 is 1.70 bits per heavy atom. The van der Waals surface area contributed by atoms with Crippen molar-refractivity contribution in [3.05, 3.63) is 65.2 Å². The van der Waals surface area contributed by atoms with E-state index in [1.807, 2.05) is 6.92 Å². The van der Waals surface area contributed by atoms with Gasteiger partial charge in [-0.25, -0.2) is 21.9 Å². The first-order chi connectivity index (χ1) is 10.7. The Balaban J connectivity index is 2.01. The summed E-state index contributed by atoms with van der Waals surface area (Å²) in [4.78, 5) is 0. The van der Waals surface area contributed by atoms with Crippen molar-refractivity contribution in [2.24, 2.45) is 0 Å². The Hall–Kier alpha value is -1.99. The number of hydrogen-bond acceptors (Lipinski definition) is 3. The van der Waals surface area contributed by atoms with E-state index in [9.17, 15) is 17.2 Å². The van der Waals surface area contributed by atoms with Crippen LogP contribution < -0.4 is 10.0 Å². The van der Waals surface area contributed by atoms with E-state index >= 15 is 0 Å². The highest BCUT2D eigenvalue weighted by molar-refractivity contribution is 7.88. The number of nitrogens with one attached hydrogen (secondary N) is 2. The number of sulfonamides is 1. The molecule has 124 valence electrons. The summed E-state index contributed by atoms with van der Waals surface area (Å²) < 4.78 is 50.7. The number of rotatable bonds is 6. The lowest BCUT2D eigenvalue weighted by Crippen LogP contribution is -2.21. The van der Waals surface area contributed by atoms with Crippen molar-refractivity contribution in [2.75, 3.05) is 11.6 Å². The molecule has 0 spiro atoms. The van der Waals surface area contributed by atoms with Crippen molar-refractivity contribution in [2.45, 2.75) is 19.5 Å². The summed E-state index contributed by atoms with van der Waals surface area (Å²) in [7, 11) is -3.23. The SMILES string of the molecule is C[C@@H](Nc1ccc(CNS(C)(=O)=O)cc1)c1ccc(F)c(F)c1. The Labute approximate surface area is 134 Å². The maximum Gasteiger partial charge on any atom is 0.209 e. The minimum Gasteiger partial charge on any atom is -0.379 e. The standard InChI is InChI=1S/C16H18F2N2O2S/c1-11(13-5-8-15(17)16(18)9-13)20-14-6-3-12(4-7-14)10-19-23(2,21)22/h3-9,11,19-20H,10H2,1-2H3/t11-/m1/s1. The molecule has 0 saturated carbocycles. The molecule has 0 aliphatic heterocycles. The second-order valence-electron chi connectivity index (χ2n) is 5.33. The molecule has 2 aromatic carbocycles. The van der Waals surface area contributed by atoms with E-state index in [1.54, 1.807) is 24.3 Å². The Morgan fingerprint density at radius 1 is 1.04 bits per heavy atom. The average Bonchev–Trinajstić information content (AvgIpc) is 2.48. The average molecular weight is 340 g/mol. The van der Waals surface area contributed by atoms with E-state index in [1.165, 1.54) is 6.07 Å². The molecule has 0 unspecified atom stereocenters. The minimum atomic E-state index is -3.23. The van der Waals surface area contributed by atoms with Crippen LogP contribution in [0.5, 0.6) is 0 Å². The number of benzene rings is 2. The van der Waals surface area contributed by atoms with Crippen LogP contribution in [-0.2, 0) is 16.6 Å². The Kier molecular flexibility index (Phi) is 5.33. The Morgan fingerprint density at radius 3 is 2.26 bits per heavy atom. The molecule has 23 heavy (non-hydrogen) atoms. The fourth-order valence-electron chi connectivity index (χ4n) is 2.05. The molecule has 0 fully saturated rings. The minimum absolute atomic E-state index is 0.204. The van der Waals surface area contributed by atoms with Gasteiger partial charge in [0.1, 0.15) is 0 Å². The van der Waals surface area contributed by atoms with E-state index in [2.05, 4.69) is 10.0 Å². The first-order valence-corrected chi connectivity index (χ1v) is 8.89. The van der Waals surface area contributed by atoms with Crippen LogP contribution in [0.25, 0.3) is 0 Å². The van der Waals surface area contributed by atoms with Crippen LogP contribution in [0.1, 0.15) is 24.1 Å². The van der Waals surface area contributed by atoms with Gasteiger partial charge in [-0.15, -0.1) is 0 Å². The van der Waals surface area contributed by atoms with Gasteiger partial charge in [0, 0.05) is 18.3 Å². The van der Waals surface area contributed by atoms with Gasteiger partial charge >= 0.3 is 0 Å². The second-order valence-corrected chi connectivity index (χ2v) is 7.16. The molecule has 2 rings (SSSR count). The number of halogens is 2. The number of anilines is 1. The van der Waals surface area contributed by atoms with Crippen molar-refractivity contribution in [1.29, 1.82) is 0 Å². The maximum absolute atomic E-state index is 13.3. The smallest absolute Gasteiger partial charge is 0.209 e. The lowest BCUT2D eigenvalue weighted by molar-refractivity contribution is 0.506. The molecule has 0 amide bonds. The monoisotopic (exact) mass is 340 g/mol. The second kappa shape index (κ2) is 7.06. The maximum atomic E-state index is 13.3. The van der Waals surface area contributed by atoms with Crippen LogP contribution in [0, 0.1) is 11.6 Å². The molecule has 0 heterocycles. The van der Waals surface area contributed by atoms with E-state index < -0.39 is 21.7 Å². The molecule has 0 bridgehead atoms. The van der Waals surface area contributed by atoms with Gasteiger partial charge in [0.25, 0.3) is 0 Å². The summed E-state index contributed by atoms with van der Waals surface area (Å²) in [6.45, 7) is 2.06. The van der Waals surface area contributed by atoms with E-state index in [0.29, 0.717) is 5.56 Å². The summed E-state index contributed by atoms with van der Waals surface area (Å²) in [5.41, 5.74) is 2.25. The van der Waals surface area contributed by atoms with Gasteiger partial charge in [0.2, 0.25) is 10.0 Å². The molecule has 7 heteroatoms. The van der Waals surface area contributed by atoms with Crippen LogP contribution >= 0.6 is 0 Å². The summed E-state index contributed by atoms with van der Waals surface area (Å²) >= 11 is 0. The lowest BCUT2D eigenvalue weighted by atomic mass is 10.1. The van der Waals surface area contributed by atoms with Crippen LogP contribution in [0.2, 0.25) is 0 Å². The predicted octanol–water partition coefficient (Wildman–Crippen LogP) is 3.19. The zero-order valence-corrected chi connectivity index (χ0v) is 13.6. The van der Waals surface area contributed by atoms with Crippen LogP contribution in [0.4, 0.5) is 14.5 Å². The van der Waals surface area contributed by atoms with Crippen molar-refractivity contribution in [3.8, 4) is 0 Å². The third-order valence-electron chi connectivity index (χ3n) is 3.32. The predicted molar refractivity (Wildman–Crippen MR) is 86.5 cm³/mol. The molecule has 2 aromatic rings. The zero-order valence-electron chi connectivity index (χ0n) is 12.8. The Bertz CT molecular complexity index is 777.